The van der Waals surface area contributed by atoms with Crippen LogP contribution in [0, 0.1) is 0 Å². The molecule has 1 aromatic heterocycles. The Kier molecular flexibility index (Phi) is 11.0. The lowest BCUT2D eigenvalue weighted by Crippen LogP contribution is -2.42. The fraction of sp³-hybridized carbons (Fsp3) is 0.273. The van der Waals surface area contributed by atoms with Crippen molar-refractivity contribution in [2.45, 2.75) is 39.3 Å². The van der Waals surface area contributed by atoms with Gasteiger partial charge in [-0.05, 0) is 62.2 Å². The van der Waals surface area contributed by atoms with Crippen LogP contribution in [-0.2, 0) is 25.6 Å². The fourth-order valence-electron chi connectivity index (χ4n) is 4.68. The maximum atomic E-state index is 13.2. The van der Waals surface area contributed by atoms with Gasteiger partial charge in [0.15, 0.2) is 5.78 Å². The molecule has 1 heterocycles. The highest BCUT2D eigenvalue weighted by Gasteiger charge is 2.24. The number of amides is 1. The molecule has 0 unspecified atom stereocenters. The second-order valence-electron chi connectivity index (χ2n) is 10.1. The van der Waals surface area contributed by atoms with Gasteiger partial charge in [-0.3, -0.25) is 14.4 Å². The van der Waals surface area contributed by atoms with Crippen molar-refractivity contribution in [2.75, 3.05) is 30.4 Å². The lowest BCUT2D eigenvalue weighted by Gasteiger charge is -2.25. The van der Waals surface area contributed by atoms with E-state index in [0.717, 1.165) is 5.56 Å². The van der Waals surface area contributed by atoms with Crippen LogP contribution in [0.2, 0.25) is 0 Å². The highest BCUT2D eigenvalue weighted by molar-refractivity contribution is 6.00. The Morgan fingerprint density at radius 2 is 1.62 bits per heavy atom. The minimum Gasteiger partial charge on any atom is -0.493 e. The summed E-state index contributed by atoms with van der Waals surface area (Å²) in [7, 11) is 0. The standard InChI is InChI=1S/C33H35N5O7/c1-3-44-29(40)17-16-27(32(43)45-4-2)35-30(41)23-11-13-24(14-12-23)38(20-28(39)22-8-6-5-7-9-22)19-21-10-15-26-25(18-21)31(42)37-33(34)36-26/h5-15,18,27H,3-4,16-17,19-20H2,1-2H3,(H,35,41)(H3,34,36,37,42)/t27-/m0/s1. The number of ether oxygens (including phenoxy) is 2. The molecule has 0 saturated heterocycles. The molecule has 4 aromatic rings. The van der Waals surface area contributed by atoms with Crippen LogP contribution in [0.25, 0.3) is 10.9 Å². The summed E-state index contributed by atoms with van der Waals surface area (Å²) in [6, 6.07) is 19.7. The van der Waals surface area contributed by atoms with Crippen molar-refractivity contribution in [3.8, 4) is 5.88 Å². The van der Waals surface area contributed by atoms with Gasteiger partial charge >= 0.3 is 11.9 Å². The van der Waals surface area contributed by atoms with Crippen molar-refractivity contribution in [2.24, 2.45) is 0 Å². The number of hydrogen-bond acceptors (Lipinski definition) is 11. The van der Waals surface area contributed by atoms with Crippen LogP contribution in [0.15, 0.2) is 72.8 Å². The molecule has 0 saturated carbocycles. The van der Waals surface area contributed by atoms with Crippen LogP contribution in [0.4, 0.5) is 11.6 Å². The Morgan fingerprint density at radius 3 is 2.31 bits per heavy atom. The molecule has 4 N–H and O–H groups in total. The van der Waals surface area contributed by atoms with E-state index in [4.69, 9.17) is 15.2 Å². The number of aromatic hydroxyl groups is 1. The number of nitrogens with two attached hydrogens (primary N) is 1. The van der Waals surface area contributed by atoms with Gasteiger partial charge in [-0.25, -0.2) is 9.78 Å². The normalized spacial score (nSPS) is 11.4. The Hall–Kier alpha value is -5.52. The molecule has 12 heteroatoms. The fourth-order valence-corrected chi connectivity index (χ4v) is 4.68. The van der Waals surface area contributed by atoms with Gasteiger partial charge in [0.25, 0.3) is 5.91 Å². The van der Waals surface area contributed by atoms with Crippen molar-refractivity contribution in [1.82, 2.24) is 15.3 Å². The number of aromatic nitrogens is 2. The average molecular weight is 614 g/mol. The first-order chi connectivity index (χ1) is 21.7. The summed E-state index contributed by atoms with van der Waals surface area (Å²) in [5.74, 6) is -2.05. The highest BCUT2D eigenvalue weighted by atomic mass is 16.5. The van der Waals surface area contributed by atoms with Gasteiger partial charge in [-0.1, -0.05) is 36.4 Å². The van der Waals surface area contributed by atoms with Crippen LogP contribution in [0.5, 0.6) is 5.88 Å². The van der Waals surface area contributed by atoms with E-state index >= 15 is 0 Å². The Balaban J connectivity index is 1.56. The molecule has 1 amide bonds. The van der Waals surface area contributed by atoms with E-state index < -0.39 is 23.9 Å². The third-order valence-electron chi connectivity index (χ3n) is 6.87. The lowest BCUT2D eigenvalue weighted by molar-refractivity contribution is -0.146. The molecular formula is C33H35N5O7. The molecule has 12 nitrogen and oxygen atoms in total. The number of fused-ring (bicyclic) bond motifs is 1. The summed E-state index contributed by atoms with van der Waals surface area (Å²) < 4.78 is 10.0. The highest BCUT2D eigenvalue weighted by Crippen LogP contribution is 2.26. The second kappa shape index (κ2) is 15.3. The van der Waals surface area contributed by atoms with E-state index in [1.165, 1.54) is 0 Å². The van der Waals surface area contributed by atoms with E-state index in [1.54, 1.807) is 74.5 Å². The van der Waals surface area contributed by atoms with Crippen LogP contribution in [-0.4, -0.2) is 64.5 Å². The molecule has 0 aliphatic carbocycles. The first-order valence-corrected chi connectivity index (χ1v) is 14.5. The zero-order valence-corrected chi connectivity index (χ0v) is 25.1. The van der Waals surface area contributed by atoms with E-state index in [0.29, 0.717) is 22.2 Å². The van der Waals surface area contributed by atoms with E-state index in [1.807, 2.05) is 17.0 Å². The molecule has 1 atom stereocenters. The summed E-state index contributed by atoms with van der Waals surface area (Å²) in [5.41, 5.74) is 8.38. The molecule has 0 spiro atoms. The first kappa shape index (κ1) is 32.4. The third-order valence-corrected chi connectivity index (χ3v) is 6.87. The monoisotopic (exact) mass is 613 g/mol. The topological polar surface area (TPSA) is 174 Å². The number of nitrogens with zero attached hydrogens (tertiary/aromatic N) is 3. The first-order valence-electron chi connectivity index (χ1n) is 14.5. The molecule has 0 aliphatic rings. The molecule has 0 aliphatic heterocycles. The molecule has 4 rings (SSSR count). The molecule has 0 bridgehead atoms. The summed E-state index contributed by atoms with van der Waals surface area (Å²) in [4.78, 5) is 60.5. The van der Waals surface area contributed by atoms with Gasteiger partial charge in [0.05, 0.1) is 30.7 Å². The van der Waals surface area contributed by atoms with Gasteiger partial charge in [0, 0.05) is 29.8 Å². The predicted octanol–water partition coefficient (Wildman–Crippen LogP) is 3.81. The van der Waals surface area contributed by atoms with Crippen LogP contribution >= 0.6 is 0 Å². The quantitative estimate of drug-likeness (QED) is 0.139. The van der Waals surface area contributed by atoms with Crippen molar-refractivity contribution in [3.05, 3.63) is 89.5 Å². The maximum absolute atomic E-state index is 13.2. The zero-order valence-electron chi connectivity index (χ0n) is 25.1. The van der Waals surface area contributed by atoms with E-state index in [9.17, 15) is 24.3 Å². The Bertz CT molecular complexity index is 1660. The maximum Gasteiger partial charge on any atom is 0.328 e. The predicted molar refractivity (Wildman–Crippen MR) is 168 cm³/mol. The van der Waals surface area contributed by atoms with Gasteiger partial charge in [0.2, 0.25) is 11.8 Å². The average Bonchev–Trinajstić information content (AvgIpc) is 3.03. The number of rotatable bonds is 14. The summed E-state index contributed by atoms with van der Waals surface area (Å²) in [6.07, 6.45) is -0.0389. The van der Waals surface area contributed by atoms with Crippen LogP contribution in [0.1, 0.15) is 53.0 Å². The van der Waals surface area contributed by atoms with E-state index in [2.05, 4.69) is 15.3 Å². The molecule has 3 aromatic carbocycles. The number of carbonyl (C=O) groups excluding carboxylic acids is 4. The minimum atomic E-state index is -1.04. The van der Waals surface area contributed by atoms with Gasteiger partial charge in [-0.2, -0.15) is 4.98 Å². The van der Waals surface area contributed by atoms with Gasteiger partial charge in [0.1, 0.15) is 6.04 Å². The smallest absolute Gasteiger partial charge is 0.328 e. The van der Waals surface area contributed by atoms with Gasteiger partial charge in [-0.15, -0.1) is 0 Å². The number of anilines is 2. The molecule has 0 fully saturated rings. The van der Waals surface area contributed by atoms with Gasteiger partial charge < -0.3 is 30.5 Å². The van der Waals surface area contributed by atoms with Crippen molar-refractivity contribution >= 4 is 46.2 Å². The van der Waals surface area contributed by atoms with Crippen LogP contribution in [0.3, 0.4) is 0 Å². The molecule has 0 radical (unpaired) electrons. The van der Waals surface area contributed by atoms with E-state index in [-0.39, 0.29) is 62.3 Å². The number of esters is 2. The SMILES string of the molecule is CCOC(=O)CC[C@H](NC(=O)c1ccc(N(CC(=O)c2ccccc2)Cc2ccc3nc(N)nc(O)c3c2)cc1)C(=O)OCC. The number of Topliss-reactive ketones (excluding diaryl/α,β-unsaturated/α-hetero) is 1. The number of nitrogens with one attached hydrogen (secondary N) is 1. The number of nitrogen functional groups attached to an aromatic ring is 1. The summed E-state index contributed by atoms with van der Waals surface area (Å²) in [6.45, 7) is 3.97. The van der Waals surface area contributed by atoms with Crippen molar-refractivity contribution in [1.29, 1.82) is 0 Å². The number of carbonyl (C=O) groups is 4. The van der Waals surface area contributed by atoms with Crippen molar-refractivity contribution < 1.29 is 33.8 Å². The Morgan fingerprint density at radius 1 is 0.911 bits per heavy atom. The second-order valence-corrected chi connectivity index (χ2v) is 10.1. The number of ketones is 1. The lowest BCUT2D eigenvalue weighted by atomic mass is 10.1. The van der Waals surface area contributed by atoms with Crippen LogP contribution < -0.4 is 16.0 Å². The molecule has 234 valence electrons. The van der Waals surface area contributed by atoms with Crippen molar-refractivity contribution in [3.63, 3.8) is 0 Å². The number of benzene rings is 3. The Labute approximate surface area is 260 Å². The molecular weight excluding hydrogens is 578 g/mol. The largest absolute Gasteiger partial charge is 0.493 e. The third kappa shape index (κ3) is 8.75. The summed E-state index contributed by atoms with van der Waals surface area (Å²) in [5, 5.41) is 13.4. The molecule has 45 heavy (non-hydrogen) atoms. The minimum absolute atomic E-state index is 0.0236. The zero-order chi connectivity index (χ0) is 32.3. The summed E-state index contributed by atoms with van der Waals surface area (Å²) >= 11 is 0. The number of hydrogen-bond donors (Lipinski definition) is 3.